The number of carboxylic acids is 1. The van der Waals surface area contributed by atoms with Crippen LogP contribution in [0.1, 0.15) is 32.7 Å². The number of aromatic nitrogens is 2. The molecule has 0 saturated heterocycles. The minimum absolute atomic E-state index is 0. The standard InChI is InChI=1S/C20H19ClN2O2.ClH/c1-12-4-6-15(7-5-12)11-23-19(14(3)18(22-23)20(24)25)16-8-9-17(21)13(2)10-16;/h4-10H,11H2,1-3H3,(H,24,25);1H. The van der Waals surface area contributed by atoms with Gasteiger partial charge in [0.05, 0.1) is 12.2 Å². The molecule has 0 unspecified atom stereocenters. The number of hydrogen-bond acceptors (Lipinski definition) is 2. The van der Waals surface area contributed by atoms with Crippen molar-refractivity contribution in [1.29, 1.82) is 0 Å². The second-order valence-corrected chi connectivity index (χ2v) is 6.64. The van der Waals surface area contributed by atoms with Crippen molar-refractivity contribution in [2.75, 3.05) is 0 Å². The van der Waals surface area contributed by atoms with Gasteiger partial charge in [-0.15, -0.1) is 12.4 Å². The minimum Gasteiger partial charge on any atom is -0.476 e. The van der Waals surface area contributed by atoms with E-state index in [1.807, 2.05) is 56.3 Å². The van der Waals surface area contributed by atoms with Crippen LogP contribution in [0.2, 0.25) is 5.02 Å². The molecular weight excluding hydrogens is 371 g/mol. The first-order valence-electron chi connectivity index (χ1n) is 7.99. The van der Waals surface area contributed by atoms with Gasteiger partial charge in [0.15, 0.2) is 5.69 Å². The summed E-state index contributed by atoms with van der Waals surface area (Å²) in [5.74, 6) is -1.02. The molecule has 1 heterocycles. The molecule has 136 valence electrons. The van der Waals surface area contributed by atoms with E-state index in [4.69, 9.17) is 11.6 Å². The van der Waals surface area contributed by atoms with Gasteiger partial charge in [-0.2, -0.15) is 5.10 Å². The molecule has 3 aromatic rings. The number of carboxylic acid groups (broad SMARTS) is 1. The van der Waals surface area contributed by atoms with Crippen molar-refractivity contribution in [1.82, 2.24) is 9.78 Å². The summed E-state index contributed by atoms with van der Waals surface area (Å²) >= 11 is 6.13. The topological polar surface area (TPSA) is 55.1 Å². The summed E-state index contributed by atoms with van der Waals surface area (Å²) < 4.78 is 1.76. The van der Waals surface area contributed by atoms with Gasteiger partial charge in [-0.1, -0.05) is 47.5 Å². The number of carbonyl (C=O) groups is 1. The summed E-state index contributed by atoms with van der Waals surface area (Å²) in [5, 5.41) is 14.5. The summed E-state index contributed by atoms with van der Waals surface area (Å²) in [4.78, 5) is 11.5. The molecule has 0 amide bonds. The fraction of sp³-hybridized carbons (Fsp3) is 0.200. The predicted octanol–water partition coefficient (Wildman–Crippen LogP) is 5.30. The van der Waals surface area contributed by atoms with Crippen molar-refractivity contribution in [2.45, 2.75) is 27.3 Å². The number of aryl methyl sites for hydroxylation is 2. The maximum atomic E-state index is 11.5. The molecule has 0 fully saturated rings. The Labute approximate surface area is 163 Å². The van der Waals surface area contributed by atoms with Gasteiger partial charge in [0.1, 0.15) is 0 Å². The zero-order valence-corrected chi connectivity index (χ0v) is 16.4. The van der Waals surface area contributed by atoms with Crippen molar-refractivity contribution in [2.24, 2.45) is 0 Å². The fourth-order valence-corrected chi connectivity index (χ4v) is 3.01. The Bertz CT molecular complexity index is 947. The second kappa shape index (κ2) is 7.94. The van der Waals surface area contributed by atoms with E-state index in [0.717, 1.165) is 22.4 Å². The molecule has 0 aliphatic rings. The van der Waals surface area contributed by atoms with E-state index in [-0.39, 0.29) is 18.1 Å². The smallest absolute Gasteiger partial charge is 0.356 e. The van der Waals surface area contributed by atoms with Crippen LogP contribution >= 0.6 is 24.0 Å². The Balaban J connectivity index is 0.00000243. The Morgan fingerprint density at radius 1 is 1.12 bits per heavy atom. The molecule has 0 saturated carbocycles. The molecule has 0 spiro atoms. The second-order valence-electron chi connectivity index (χ2n) is 6.23. The monoisotopic (exact) mass is 390 g/mol. The first-order valence-corrected chi connectivity index (χ1v) is 8.37. The Hall–Kier alpha value is -2.30. The number of aromatic carboxylic acids is 1. The molecule has 26 heavy (non-hydrogen) atoms. The summed E-state index contributed by atoms with van der Waals surface area (Å²) in [5.41, 5.74) is 5.64. The largest absolute Gasteiger partial charge is 0.476 e. The average Bonchev–Trinajstić information content (AvgIpc) is 2.89. The van der Waals surface area contributed by atoms with E-state index < -0.39 is 5.97 Å². The summed E-state index contributed by atoms with van der Waals surface area (Å²) in [6, 6.07) is 13.8. The van der Waals surface area contributed by atoms with Crippen molar-refractivity contribution in [3.05, 3.63) is 75.4 Å². The van der Waals surface area contributed by atoms with E-state index in [1.165, 1.54) is 5.56 Å². The van der Waals surface area contributed by atoms with Crippen LogP contribution in [0.4, 0.5) is 0 Å². The van der Waals surface area contributed by atoms with Crippen LogP contribution in [0.5, 0.6) is 0 Å². The first kappa shape index (κ1) is 20.0. The molecule has 0 aliphatic heterocycles. The van der Waals surface area contributed by atoms with Crippen LogP contribution < -0.4 is 0 Å². The molecule has 4 nitrogen and oxygen atoms in total. The van der Waals surface area contributed by atoms with Gasteiger partial charge in [-0.25, -0.2) is 4.79 Å². The van der Waals surface area contributed by atoms with E-state index in [0.29, 0.717) is 17.1 Å². The summed E-state index contributed by atoms with van der Waals surface area (Å²) in [6.07, 6.45) is 0. The predicted molar refractivity (Wildman–Crippen MR) is 107 cm³/mol. The lowest BCUT2D eigenvalue weighted by Gasteiger charge is -2.10. The van der Waals surface area contributed by atoms with Gasteiger partial charge in [-0.05, 0) is 44.0 Å². The molecule has 6 heteroatoms. The average molecular weight is 391 g/mol. The number of halogens is 2. The van der Waals surface area contributed by atoms with Gasteiger partial charge in [0, 0.05) is 16.1 Å². The van der Waals surface area contributed by atoms with Crippen molar-refractivity contribution < 1.29 is 9.90 Å². The lowest BCUT2D eigenvalue weighted by atomic mass is 10.0. The lowest BCUT2D eigenvalue weighted by Crippen LogP contribution is -2.06. The zero-order valence-electron chi connectivity index (χ0n) is 14.8. The highest BCUT2D eigenvalue weighted by Gasteiger charge is 2.21. The molecule has 1 aromatic heterocycles. The highest BCUT2D eigenvalue weighted by molar-refractivity contribution is 6.31. The third-order valence-electron chi connectivity index (χ3n) is 4.28. The fourth-order valence-electron chi connectivity index (χ4n) is 2.89. The van der Waals surface area contributed by atoms with E-state index in [9.17, 15) is 9.90 Å². The van der Waals surface area contributed by atoms with Crippen molar-refractivity contribution in [3.8, 4) is 11.3 Å². The number of nitrogens with zero attached hydrogens (tertiary/aromatic N) is 2. The van der Waals surface area contributed by atoms with Gasteiger partial charge in [0.25, 0.3) is 0 Å². The van der Waals surface area contributed by atoms with Crippen molar-refractivity contribution in [3.63, 3.8) is 0 Å². The Morgan fingerprint density at radius 3 is 2.35 bits per heavy atom. The lowest BCUT2D eigenvalue weighted by molar-refractivity contribution is 0.0688. The van der Waals surface area contributed by atoms with Crippen LogP contribution in [0.25, 0.3) is 11.3 Å². The molecule has 1 N–H and O–H groups in total. The Morgan fingerprint density at radius 2 is 1.77 bits per heavy atom. The minimum atomic E-state index is -1.02. The summed E-state index contributed by atoms with van der Waals surface area (Å²) in [6.45, 7) is 6.26. The highest BCUT2D eigenvalue weighted by Crippen LogP contribution is 2.29. The molecule has 2 aromatic carbocycles. The Kier molecular flexibility index (Phi) is 6.11. The maximum absolute atomic E-state index is 11.5. The van der Waals surface area contributed by atoms with Crippen LogP contribution in [0.3, 0.4) is 0 Å². The third kappa shape index (κ3) is 3.92. The number of rotatable bonds is 4. The number of benzene rings is 2. The van der Waals surface area contributed by atoms with Crippen LogP contribution in [0.15, 0.2) is 42.5 Å². The van der Waals surface area contributed by atoms with Crippen LogP contribution in [0, 0.1) is 20.8 Å². The maximum Gasteiger partial charge on any atom is 0.356 e. The quantitative estimate of drug-likeness (QED) is 0.657. The summed E-state index contributed by atoms with van der Waals surface area (Å²) in [7, 11) is 0. The SMILES string of the molecule is Cc1ccc(Cn2nc(C(=O)O)c(C)c2-c2ccc(Cl)c(C)c2)cc1.Cl. The molecule has 0 radical (unpaired) electrons. The van der Waals surface area contributed by atoms with Gasteiger partial charge < -0.3 is 5.11 Å². The molecule has 3 rings (SSSR count). The van der Waals surface area contributed by atoms with Gasteiger partial charge >= 0.3 is 5.97 Å². The van der Waals surface area contributed by atoms with Crippen molar-refractivity contribution >= 4 is 30.0 Å². The van der Waals surface area contributed by atoms with E-state index in [1.54, 1.807) is 11.6 Å². The first-order chi connectivity index (χ1) is 11.9. The van der Waals surface area contributed by atoms with Gasteiger partial charge in [0.2, 0.25) is 0 Å². The highest BCUT2D eigenvalue weighted by atomic mass is 35.5. The number of hydrogen-bond donors (Lipinski definition) is 1. The molecular formula is C20H20Cl2N2O2. The molecule has 0 aliphatic carbocycles. The zero-order chi connectivity index (χ0) is 18.1. The van der Waals surface area contributed by atoms with Crippen LogP contribution in [-0.4, -0.2) is 20.9 Å². The van der Waals surface area contributed by atoms with E-state index in [2.05, 4.69) is 5.10 Å². The van der Waals surface area contributed by atoms with Crippen LogP contribution in [-0.2, 0) is 6.54 Å². The van der Waals surface area contributed by atoms with E-state index >= 15 is 0 Å². The molecule has 0 bridgehead atoms. The van der Waals surface area contributed by atoms with Gasteiger partial charge in [-0.3, -0.25) is 4.68 Å². The molecule has 0 atom stereocenters. The third-order valence-corrected chi connectivity index (χ3v) is 4.70. The normalized spacial score (nSPS) is 10.5.